The molecule has 0 spiro atoms. The molecule has 27 heavy (non-hydrogen) atoms. The van der Waals surface area contributed by atoms with Gasteiger partial charge in [0, 0.05) is 12.3 Å². The van der Waals surface area contributed by atoms with E-state index < -0.39 is 0 Å². The number of rotatable bonds is 7. The minimum atomic E-state index is -0.198. The van der Waals surface area contributed by atoms with E-state index in [1.165, 1.54) is 0 Å². The molecule has 0 aromatic carbocycles. The Morgan fingerprint density at radius 3 is 2.93 bits per heavy atom. The third-order valence-corrected chi connectivity index (χ3v) is 5.15. The van der Waals surface area contributed by atoms with E-state index in [4.69, 9.17) is 9.15 Å². The fraction of sp³-hybridized carbons (Fsp3) is 0.500. The van der Waals surface area contributed by atoms with Crippen molar-refractivity contribution in [3.05, 3.63) is 41.0 Å². The summed E-state index contributed by atoms with van der Waals surface area (Å²) in [6.45, 7) is 7.34. The minimum absolute atomic E-state index is 0.0802. The van der Waals surface area contributed by atoms with Crippen LogP contribution in [0.4, 0.5) is 5.82 Å². The van der Waals surface area contributed by atoms with Gasteiger partial charge in [-0.05, 0) is 51.3 Å². The molecule has 2 aromatic heterocycles. The van der Waals surface area contributed by atoms with Gasteiger partial charge < -0.3 is 19.0 Å². The number of anilines is 1. The first-order valence-corrected chi connectivity index (χ1v) is 9.29. The van der Waals surface area contributed by atoms with Gasteiger partial charge in [0.25, 0.3) is 0 Å². The van der Waals surface area contributed by atoms with Gasteiger partial charge in [0.15, 0.2) is 0 Å². The van der Waals surface area contributed by atoms with Gasteiger partial charge >= 0.3 is 0 Å². The monoisotopic (exact) mass is 370 g/mol. The van der Waals surface area contributed by atoms with Crippen molar-refractivity contribution < 1.29 is 13.9 Å². The Bertz CT molecular complexity index is 827. The van der Waals surface area contributed by atoms with Gasteiger partial charge in [-0.25, -0.2) is 0 Å². The third-order valence-electron chi connectivity index (χ3n) is 5.15. The lowest BCUT2D eigenvalue weighted by Gasteiger charge is -2.17. The number of furan rings is 1. The van der Waals surface area contributed by atoms with Crippen LogP contribution in [0.3, 0.4) is 0 Å². The first kappa shape index (κ1) is 19.2. The van der Waals surface area contributed by atoms with E-state index in [2.05, 4.69) is 16.7 Å². The zero-order valence-corrected chi connectivity index (χ0v) is 16.0. The van der Waals surface area contributed by atoms with Crippen molar-refractivity contribution in [1.82, 2.24) is 9.88 Å². The Morgan fingerprint density at radius 2 is 2.30 bits per heavy atom. The summed E-state index contributed by atoms with van der Waals surface area (Å²) in [5, 5.41) is 15.6. The Morgan fingerprint density at radius 1 is 1.48 bits per heavy atom. The first-order valence-electron chi connectivity index (χ1n) is 9.29. The van der Waals surface area contributed by atoms with Crippen LogP contribution in [0.5, 0.6) is 0 Å². The molecule has 144 valence electrons. The molecule has 1 saturated heterocycles. The predicted molar refractivity (Wildman–Crippen MR) is 101 cm³/mol. The molecule has 0 radical (unpaired) electrons. The molecular weight excluding hydrogens is 344 g/mol. The van der Waals surface area contributed by atoms with E-state index in [9.17, 15) is 10.1 Å². The van der Waals surface area contributed by atoms with Gasteiger partial charge in [0.1, 0.15) is 17.6 Å². The van der Waals surface area contributed by atoms with E-state index in [1.54, 1.807) is 6.26 Å². The van der Waals surface area contributed by atoms with Gasteiger partial charge in [-0.3, -0.25) is 10.1 Å². The van der Waals surface area contributed by atoms with Gasteiger partial charge in [-0.1, -0.05) is 0 Å². The lowest BCUT2D eigenvalue weighted by molar-refractivity contribution is -0.115. The van der Waals surface area contributed by atoms with Gasteiger partial charge in [0.05, 0.1) is 37.1 Å². The van der Waals surface area contributed by atoms with E-state index in [0.717, 1.165) is 36.5 Å². The topological polar surface area (TPSA) is 92.2 Å². The molecule has 7 heteroatoms. The number of nitrogens with zero attached hydrogens (tertiary/aromatic N) is 2. The second kappa shape index (κ2) is 8.42. The van der Waals surface area contributed by atoms with Crippen LogP contribution >= 0.6 is 0 Å². The van der Waals surface area contributed by atoms with Crippen molar-refractivity contribution in [2.24, 2.45) is 0 Å². The molecule has 3 heterocycles. The number of aromatic nitrogens is 1. The van der Waals surface area contributed by atoms with Crippen molar-refractivity contribution >= 4 is 11.7 Å². The van der Waals surface area contributed by atoms with Crippen molar-refractivity contribution in [3.8, 4) is 6.07 Å². The number of carbonyl (C=O) groups is 1. The van der Waals surface area contributed by atoms with Crippen LogP contribution in [-0.4, -0.2) is 29.7 Å². The van der Waals surface area contributed by atoms with Crippen LogP contribution in [-0.2, 0) is 16.1 Å². The molecule has 2 aromatic rings. The average molecular weight is 370 g/mol. The number of carbonyl (C=O) groups excluding carboxylic acids is 1. The highest BCUT2D eigenvalue weighted by molar-refractivity contribution is 5.93. The van der Waals surface area contributed by atoms with Crippen LogP contribution in [0.15, 0.2) is 22.8 Å². The molecule has 0 saturated carbocycles. The quantitative estimate of drug-likeness (QED) is 0.781. The van der Waals surface area contributed by atoms with Gasteiger partial charge in [-0.2, -0.15) is 5.26 Å². The van der Waals surface area contributed by atoms with E-state index in [0.29, 0.717) is 17.9 Å². The lowest BCUT2D eigenvalue weighted by Crippen LogP contribution is -2.31. The third kappa shape index (κ3) is 4.24. The largest absolute Gasteiger partial charge is 0.468 e. The molecule has 1 fully saturated rings. The summed E-state index contributed by atoms with van der Waals surface area (Å²) in [6.07, 6.45) is 3.77. The fourth-order valence-electron chi connectivity index (χ4n) is 3.41. The molecule has 0 aliphatic carbocycles. The molecule has 0 unspecified atom stereocenters. The summed E-state index contributed by atoms with van der Waals surface area (Å²) in [7, 11) is 0. The molecule has 1 aliphatic rings. The molecule has 1 aliphatic heterocycles. The molecule has 2 N–H and O–H groups in total. The highest BCUT2D eigenvalue weighted by atomic mass is 16.5. The molecule has 0 bridgehead atoms. The van der Waals surface area contributed by atoms with Crippen LogP contribution < -0.4 is 10.6 Å². The number of hydrogen-bond acceptors (Lipinski definition) is 5. The Kier molecular flexibility index (Phi) is 5.99. The van der Waals surface area contributed by atoms with Gasteiger partial charge in [0.2, 0.25) is 5.91 Å². The Balaban J connectivity index is 1.71. The second-order valence-corrected chi connectivity index (χ2v) is 6.96. The lowest BCUT2D eigenvalue weighted by atomic mass is 10.2. The molecule has 2 atom stereocenters. The van der Waals surface area contributed by atoms with Gasteiger partial charge in [-0.15, -0.1) is 0 Å². The highest BCUT2D eigenvalue weighted by Crippen LogP contribution is 2.28. The highest BCUT2D eigenvalue weighted by Gasteiger charge is 2.24. The zero-order chi connectivity index (χ0) is 19.4. The zero-order valence-electron chi connectivity index (χ0n) is 16.0. The second-order valence-electron chi connectivity index (χ2n) is 6.96. The predicted octanol–water partition coefficient (Wildman–Crippen LogP) is 3.04. The first-order chi connectivity index (χ1) is 13.0. The van der Waals surface area contributed by atoms with E-state index in [1.807, 2.05) is 37.5 Å². The smallest absolute Gasteiger partial charge is 0.239 e. The van der Waals surface area contributed by atoms with Crippen molar-refractivity contribution in [2.75, 3.05) is 18.5 Å². The van der Waals surface area contributed by atoms with E-state index >= 15 is 0 Å². The molecule has 3 rings (SSSR count). The van der Waals surface area contributed by atoms with Crippen molar-refractivity contribution in [3.63, 3.8) is 0 Å². The van der Waals surface area contributed by atoms with Crippen LogP contribution in [0, 0.1) is 25.2 Å². The maximum atomic E-state index is 12.5. The van der Waals surface area contributed by atoms with Crippen molar-refractivity contribution in [1.29, 1.82) is 5.26 Å². The Hall–Kier alpha value is -2.56. The van der Waals surface area contributed by atoms with Crippen LogP contribution in [0.25, 0.3) is 0 Å². The summed E-state index contributed by atoms with van der Waals surface area (Å²) < 4.78 is 13.1. The maximum absolute atomic E-state index is 12.5. The number of amides is 1. The summed E-state index contributed by atoms with van der Waals surface area (Å²) in [6, 6.07) is 5.83. The average Bonchev–Trinajstić information content (AvgIpc) is 3.40. The minimum Gasteiger partial charge on any atom is -0.468 e. The molecular formula is C20H26N4O3. The molecule has 7 nitrogen and oxygen atoms in total. The van der Waals surface area contributed by atoms with Crippen LogP contribution in [0.2, 0.25) is 0 Å². The number of hydrogen-bond donors (Lipinski definition) is 2. The number of nitriles is 1. The fourth-order valence-corrected chi connectivity index (χ4v) is 3.41. The summed E-state index contributed by atoms with van der Waals surface area (Å²) in [5.74, 6) is 1.13. The normalized spacial score (nSPS) is 17.6. The SMILES string of the molecule is Cc1c(C#N)c(NC(=O)CN[C@H](C)c2ccco2)n(C[C@@H]2CCCO2)c1C. The maximum Gasteiger partial charge on any atom is 0.239 e. The standard InChI is InChI=1S/C20H26N4O3/c1-13-15(3)24(12-16-6-4-8-26-16)20(17(13)10-21)23-19(25)11-22-14(2)18-7-5-9-27-18/h5,7,9,14,16,22H,4,6,8,11-12H2,1-3H3,(H,23,25)/t14-,16+/m1/s1. The van der Waals surface area contributed by atoms with Crippen molar-refractivity contribution in [2.45, 2.75) is 52.3 Å². The Labute approximate surface area is 159 Å². The van der Waals surface area contributed by atoms with E-state index in [-0.39, 0.29) is 24.6 Å². The summed E-state index contributed by atoms with van der Waals surface area (Å²) >= 11 is 0. The number of nitrogens with one attached hydrogen (secondary N) is 2. The van der Waals surface area contributed by atoms with Crippen LogP contribution in [0.1, 0.15) is 48.4 Å². The number of ether oxygens (including phenoxy) is 1. The summed E-state index contributed by atoms with van der Waals surface area (Å²) in [4.78, 5) is 12.5. The molecule has 1 amide bonds. The summed E-state index contributed by atoms with van der Waals surface area (Å²) in [5.41, 5.74) is 2.38.